The van der Waals surface area contributed by atoms with E-state index in [4.69, 9.17) is 0 Å². The van der Waals surface area contributed by atoms with Crippen molar-refractivity contribution < 1.29 is 18.0 Å². The summed E-state index contributed by atoms with van der Waals surface area (Å²) in [6.45, 7) is 0.271. The lowest BCUT2D eigenvalue weighted by molar-refractivity contribution is -0.122. The van der Waals surface area contributed by atoms with Gasteiger partial charge in [-0.25, -0.2) is 13.1 Å². The Bertz CT molecular complexity index is 655. The number of rotatable bonds is 4. The van der Waals surface area contributed by atoms with Crippen LogP contribution in [0.15, 0.2) is 17.2 Å². The Balaban J connectivity index is 2.16. The van der Waals surface area contributed by atoms with Gasteiger partial charge in [-0.05, 0) is 12.5 Å². The highest BCUT2D eigenvalue weighted by atomic mass is 32.2. The first-order valence-corrected chi connectivity index (χ1v) is 7.99. The molecule has 0 spiro atoms. The van der Waals surface area contributed by atoms with Gasteiger partial charge in [0.2, 0.25) is 15.9 Å². The van der Waals surface area contributed by atoms with Crippen molar-refractivity contribution >= 4 is 21.8 Å². The van der Waals surface area contributed by atoms with Crippen molar-refractivity contribution in [3.05, 3.63) is 18.0 Å². The average molecular weight is 314 g/mol. The van der Waals surface area contributed by atoms with Gasteiger partial charge in [0.1, 0.15) is 10.6 Å². The molecule has 1 unspecified atom stereocenters. The quantitative estimate of drug-likeness (QED) is 0.658. The number of nitrogens with one attached hydrogen (secondary N) is 3. The highest BCUT2D eigenvalue weighted by Gasteiger charge is 2.26. The number of hydrogen-bond donors (Lipinski definition) is 3. The Kier molecular flexibility index (Phi) is 4.33. The molecule has 0 aliphatic carbocycles. The summed E-state index contributed by atoms with van der Waals surface area (Å²) in [7, 11) is -0.643. The van der Waals surface area contributed by atoms with Gasteiger partial charge in [-0.2, -0.15) is 0 Å². The molecule has 0 aromatic carbocycles. The molecule has 8 nitrogen and oxygen atoms in total. The molecule has 116 valence electrons. The fourth-order valence-electron chi connectivity index (χ4n) is 2.16. The van der Waals surface area contributed by atoms with Crippen LogP contribution in [0, 0.1) is 0 Å². The van der Waals surface area contributed by atoms with Gasteiger partial charge in [-0.1, -0.05) is 0 Å². The van der Waals surface area contributed by atoms with Gasteiger partial charge in [-0.3, -0.25) is 9.59 Å². The fraction of sp³-hybridized carbons (Fsp3) is 0.500. The average Bonchev–Trinajstić information content (AvgIpc) is 2.83. The van der Waals surface area contributed by atoms with Crippen LogP contribution in [0.1, 0.15) is 23.3 Å². The number of hydrogen-bond acceptors (Lipinski definition) is 4. The van der Waals surface area contributed by atoms with Crippen LogP contribution in [-0.4, -0.2) is 44.4 Å². The van der Waals surface area contributed by atoms with Crippen LogP contribution in [0.2, 0.25) is 0 Å². The number of carbonyl (C=O) groups is 2. The molecule has 1 fully saturated rings. The molecule has 1 saturated heterocycles. The Morgan fingerprint density at radius 3 is 2.76 bits per heavy atom. The summed E-state index contributed by atoms with van der Waals surface area (Å²) in [6, 6.07) is 0.985. The predicted molar refractivity (Wildman–Crippen MR) is 75.2 cm³/mol. The molecule has 0 radical (unpaired) electrons. The lowest BCUT2D eigenvalue weighted by Gasteiger charge is -2.22. The number of sulfonamides is 1. The molecule has 2 amide bonds. The summed E-state index contributed by atoms with van der Waals surface area (Å²) in [5.41, 5.74) is 0.259. The highest BCUT2D eigenvalue weighted by Crippen LogP contribution is 2.15. The van der Waals surface area contributed by atoms with E-state index in [0.29, 0.717) is 12.8 Å². The maximum atomic E-state index is 12.3. The van der Waals surface area contributed by atoms with Gasteiger partial charge in [-0.15, -0.1) is 0 Å². The first-order valence-electron chi connectivity index (χ1n) is 6.51. The molecule has 2 heterocycles. The number of piperidine rings is 1. The molecule has 9 heteroatoms. The predicted octanol–water partition coefficient (Wildman–Crippen LogP) is -1.06. The van der Waals surface area contributed by atoms with Gasteiger partial charge in [0.25, 0.3) is 5.91 Å². The maximum Gasteiger partial charge on any atom is 0.267 e. The lowest BCUT2D eigenvalue weighted by Crippen LogP contribution is -2.47. The largest absolute Gasteiger partial charge is 0.355 e. The van der Waals surface area contributed by atoms with E-state index >= 15 is 0 Å². The van der Waals surface area contributed by atoms with Crippen molar-refractivity contribution in [1.82, 2.24) is 19.9 Å². The van der Waals surface area contributed by atoms with Gasteiger partial charge in [0, 0.05) is 39.3 Å². The van der Waals surface area contributed by atoms with Crippen molar-refractivity contribution in [2.45, 2.75) is 23.8 Å². The van der Waals surface area contributed by atoms with Crippen LogP contribution in [0.3, 0.4) is 0 Å². The summed E-state index contributed by atoms with van der Waals surface area (Å²) >= 11 is 0. The second-order valence-corrected chi connectivity index (χ2v) is 6.63. The fourth-order valence-corrected chi connectivity index (χ4v) is 3.50. The van der Waals surface area contributed by atoms with E-state index in [2.05, 4.69) is 15.4 Å². The summed E-state index contributed by atoms with van der Waals surface area (Å²) in [5, 5.41) is 5.07. The maximum absolute atomic E-state index is 12.3. The number of carbonyl (C=O) groups excluding carboxylic acids is 2. The Hall–Kier alpha value is -1.87. The molecule has 0 bridgehead atoms. The standard InChI is InChI=1S/C12H18N4O4S/c1-13-12(18)10-5-9(7-16(10)2)21(19,20)15-8-3-4-11(17)14-6-8/h5,7-8,15H,3-4,6H2,1-2H3,(H,13,18)(H,14,17). The summed E-state index contributed by atoms with van der Waals surface area (Å²) in [5.74, 6) is -0.434. The molecule has 1 aromatic rings. The third-order valence-electron chi connectivity index (χ3n) is 3.34. The third-order valence-corrected chi connectivity index (χ3v) is 4.82. The van der Waals surface area contributed by atoms with Crippen LogP contribution in [-0.2, 0) is 21.9 Å². The normalized spacial score (nSPS) is 19.1. The number of amides is 2. The zero-order valence-corrected chi connectivity index (χ0v) is 12.7. The van der Waals surface area contributed by atoms with Crippen molar-refractivity contribution in [2.75, 3.05) is 13.6 Å². The summed E-state index contributed by atoms with van der Waals surface area (Å²) < 4.78 is 28.6. The van der Waals surface area contributed by atoms with Gasteiger partial charge in [0.05, 0.1) is 0 Å². The van der Waals surface area contributed by atoms with E-state index in [1.54, 1.807) is 7.05 Å². The molecule has 3 N–H and O–H groups in total. The Morgan fingerprint density at radius 2 is 2.19 bits per heavy atom. The first kappa shape index (κ1) is 15.5. The molecule has 1 aromatic heterocycles. The smallest absolute Gasteiger partial charge is 0.267 e. The molecule has 2 rings (SSSR count). The van der Waals surface area contributed by atoms with E-state index in [-0.39, 0.29) is 35.0 Å². The van der Waals surface area contributed by atoms with E-state index in [1.165, 1.54) is 23.9 Å². The third kappa shape index (κ3) is 3.42. The van der Waals surface area contributed by atoms with Gasteiger partial charge < -0.3 is 15.2 Å². The van der Waals surface area contributed by atoms with Crippen LogP contribution in [0.25, 0.3) is 0 Å². The monoisotopic (exact) mass is 314 g/mol. The highest BCUT2D eigenvalue weighted by molar-refractivity contribution is 7.89. The van der Waals surface area contributed by atoms with Crippen molar-refractivity contribution in [3.8, 4) is 0 Å². The molecular formula is C12H18N4O4S. The summed E-state index contributed by atoms with van der Waals surface area (Å²) in [4.78, 5) is 22.7. The zero-order chi connectivity index (χ0) is 15.6. The van der Waals surface area contributed by atoms with Crippen LogP contribution in [0.5, 0.6) is 0 Å². The molecular weight excluding hydrogens is 296 g/mol. The second kappa shape index (κ2) is 5.86. The Labute approximate surface area is 122 Å². The molecule has 1 aliphatic heterocycles. The molecule has 1 aliphatic rings. The Morgan fingerprint density at radius 1 is 1.48 bits per heavy atom. The lowest BCUT2D eigenvalue weighted by atomic mass is 10.1. The van der Waals surface area contributed by atoms with E-state index in [9.17, 15) is 18.0 Å². The van der Waals surface area contributed by atoms with E-state index < -0.39 is 10.0 Å². The molecule has 1 atom stereocenters. The number of aryl methyl sites for hydroxylation is 1. The van der Waals surface area contributed by atoms with Gasteiger partial charge in [0.15, 0.2) is 0 Å². The molecule has 0 saturated carbocycles. The summed E-state index contributed by atoms with van der Waals surface area (Å²) in [6.07, 6.45) is 2.14. The van der Waals surface area contributed by atoms with E-state index in [0.717, 1.165) is 0 Å². The van der Waals surface area contributed by atoms with Crippen LogP contribution in [0.4, 0.5) is 0 Å². The van der Waals surface area contributed by atoms with Crippen molar-refractivity contribution in [3.63, 3.8) is 0 Å². The molecule has 21 heavy (non-hydrogen) atoms. The second-order valence-electron chi connectivity index (χ2n) is 4.91. The van der Waals surface area contributed by atoms with Gasteiger partial charge >= 0.3 is 0 Å². The van der Waals surface area contributed by atoms with Crippen molar-refractivity contribution in [2.24, 2.45) is 7.05 Å². The number of aromatic nitrogens is 1. The number of nitrogens with zero attached hydrogens (tertiary/aromatic N) is 1. The minimum atomic E-state index is -3.72. The minimum absolute atomic E-state index is 0.0282. The topological polar surface area (TPSA) is 109 Å². The first-order chi connectivity index (χ1) is 9.83. The van der Waals surface area contributed by atoms with Crippen LogP contribution < -0.4 is 15.4 Å². The SMILES string of the molecule is CNC(=O)c1cc(S(=O)(=O)NC2CCC(=O)NC2)cn1C. The minimum Gasteiger partial charge on any atom is -0.355 e. The zero-order valence-electron chi connectivity index (χ0n) is 11.8. The van der Waals surface area contributed by atoms with Crippen LogP contribution >= 0.6 is 0 Å². The van der Waals surface area contributed by atoms with Crippen molar-refractivity contribution in [1.29, 1.82) is 0 Å². The van der Waals surface area contributed by atoms with E-state index in [1.807, 2.05) is 0 Å².